The number of fused-ring (bicyclic) bond motifs is 7. The van der Waals surface area contributed by atoms with Gasteiger partial charge in [0, 0.05) is 18.8 Å². The van der Waals surface area contributed by atoms with Crippen LogP contribution < -0.4 is 0 Å². The van der Waals surface area contributed by atoms with E-state index in [0.29, 0.717) is 29.5 Å². The quantitative estimate of drug-likeness (QED) is 0.412. The number of rotatable bonds is 2. The predicted molar refractivity (Wildman–Crippen MR) is 118 cm³/mol. The second kappa shape index (κ2) is 6.81. The van der Waals surface area contributed by atoms with Gasteiger partial charge in [0.2, 0.25) is 0 Å². The summed E-state index contributed by atoms with van der Waals surface area (Å²) < 4.78 is 5.59. The van der Waals surface area contributed by atoms with Crippen molar-refractivity contribution in [3.8, 4) is 0 Å². The summed E-state index contributed by atoms with van der Waals surface area (Å²) in [6, 6.07) is 0. The zero-order valence-corrected chi connectivity index (χ0v) is 19.2. The van der Waals surface area contributed by atoms with E-state index in [-0.39, 0.29) is 28.3 Å². The summed E-state index contributed by atoms with van der Waals surface area (Å²) in [4.78, 5) is 24.6. The van der Waals surface area contributed by atoms with E-state index in [1.54, 1.807) is 5.57 Å². The largest absolute Gasteiger partial charge is 0.462 e. The third-order valence-corrected chi connectivity index (χ3v) is 10.7. The molecule has 0 unspecified atom stereocenters. The highest BCUT2D eigenvalue weighted by Crippen LogP contribution is 2.73. The lowest BCUT2D eigenvalue weighted by molar-refractivity contribution is -0.150. The number of carbonyl (C=O) groups excluding carboxylic acids is 2. The van der Waals surface area contributed by atoms with Crippen molar-refractivity contribution < 1.29 is 14.3 Å². The van der Waals surface area contributed by atoms with Gasteiger partial charge in [0.25, 0.3) is 0 Å². The van der Waals surface area contributed by atoms with Gasteiger partial charge < -0.3 is 4.74 Å². The van der Waals surface area contributed by atoms with E-state index in [0.717, 1.165) is 38.5 Å². The second-order valence-electron chi connectivity index (χ2n) is 11.6. The molecule has 0 saturated heterocycles. The van der Waals surface area contributed by atoms with Crippen LogP contribution in [0.1, 0.15) is 85.5 Å². The molecular formula is C27H38O3. The first kappa shape index (κ1) is 20.5. The first-order valence-corrected chi connectivity index (χ1v) is 12.2. The molecule has 0 spiro atoms. The van der Waals surface area contributed by atoms with E-state index in [1.807, 2.05) is 6.92 Å². The van der Waals surface area contributed by atoms with Gasteiger partial charge in [-0.15, -0.1) is 0 Å². The maximum Gasteiger partial charge on any atom is 0.302 e. The average molecular weight is 411 g/mol. The molecule has 0 amide bonds. The molecule has 5 aliphatic rings. The summed E-state index contributed by atoms with van der Waals surface area (Å²) in [5, 5.41) is 0. The lowest BCUT2D eigenvalue weighted by Crippen LogP contribution is -2.55. The highest BCUT2D eigenvalue weighted by Gasteiger charge is 2.68. The summed E-state index contributed by atoms with van der Waals surface area (Å²) in [7, 11) is 0. The molecule has 5 rings (SSSR count). The molecule has 0 bridgehead atoms. The highest BCUT2D eigenvalue weighted by atomic mass is 16.5. The van der Waals surface area contributed by atoms with Gasteiger partial charge in [0.1, 0.15) is 11.9 Å². The van der Waals surface area contributed by atoms with Gasteiger partial charge in [-0.2, -0.15) is 0 Å². The molecule has 0 N–H and O–H groups in total. The molecule has 0 radical (unpaired) electrons. The Morgan fingerprint density at radius 2 is 1.83 bits per heavy atom. The molecular weight excluding hydrogens is 372 g/mol. The fraction of sp³-hybridized carbons (Fsp3) is 0.778. The van der Waals surface area contributed by atoms with Crippen LogP contribution in [0.4, 0.5) is 0 Å². The summed E-state index contributed by atoms with van der Waals surface area (Å²) in [5.74, 6) is 2.90. The Labute approximate surface area is 181 Å². The van der Waals surface area contributed by atoms with Gasteiger partial charge in [0.15, 0.2) is 0 Å². The van der Waals surface area contributed by atoms with Gasteiger partial charge >= 0.3 is 5.97 Å². The zero-order valence-electron chi connectivity index (χ0n) is 19.2. The number of allylic oxidation sites excluding steroid dienone is 3. The summed E-state index contributed by atoms with van der Waals surface area (Å²) in [6.45, 7) is 8.38. The molecule has 3 heteroatoms. The van der Waals surface area contributed by atoms with Crippen molar-refractivity contribution in [2.45, 2.75) is 91.6 Å². The molecule has 3 saturated carbocycles. The molecule has 5 aliphatic carbocycles. The summed E-state index contributed by atoms with van der Waals surface area (Å²) in [5.41, 5.74) is 1.81. The Kier molecular flexibility index (Phi) is 4.66. The van der Waals surface area contributed by atoms with Crippen molar-refractivity contribution in [2.75, 3.05) is 0 Å². The standard InChI is InChI=1S/C27H38O3/c1-17(28)27-12-6-5-7-20(27)16-24-22-9-8-19-15-21(30-18(2)29)10-13-25(19,3)23(22)11-14-26(24,27)4/h5-6,8,20-24H,7,9-16H2,1-4H3/t20-,21-,22+,23+,24-,25-,26-,27+/m0/s1. The van der Waals surface area contributed by atoms with Crippen LogP contribution in [0.25, 0.3) is 0 Å². The Morgan fingerprint density at radius 1 is 1.03 bits per heavy atom. The van der Waals surface area contributed by atoms with E-state index in [2.05, 4.69) is 32.1 Å². The molecule has 8 atom stereocenters. The van der Waals surface area contributed by atoms with E-state index >= 15 is 0 Å². The van der Waals surface area contributed by atoms with Gasteiger partial charge in [-0.1, -0.05) is 37.6 Å². The minimum Gasteiger partial charge on any atom is -0.462 e. The summed E-state index contributed by atoms with van der Waals surface area (Å²) in [6.07, 6.45) is 17.1. The van der Waals surface area contributed by atoms with Crippen LogP contribution in [0.2, 0.25) is 0 Å². The van der Waals surface area contributed by atoms with Crippen molar-refractivity contribution in [3.05, 3.63) is 23.8 Å². The first-order valence-electron chi connectivity index (χ1n) is 12.2. The maximum absolute atomic E-state index is 13.2. The second-order valence-corrected chi connectivity index (χ2v) is 11.6. The molecule has 0 heterocycles. The molecule has 0 aromatic carbocycles. The Balaban J connectivity index is 1.47. The maximum atomic E-state index is 13.2. The summed E-state index contributed by atoms with van der Waals surface area (Å²) >= 11 is 0. The fourth-order valence-electron chi connectivity index (χ4n) is 9.31. The average Bonchev–Trinajstić information content (AvgIpc) is 2.98. The Hall–Kier alpha value is -1.38. The van der Waals surface area contributed by atoms with Crippen LogP contribution in [0, 0.1) is 39.9 Å². The number of esters is 1. The number of hydrogen-bond donors (Lipinski definition) is 0. The smallest absolute Gasteiger partial charge is 0.302 e. The zero-order chi connectivity index (χ0) is 21.3. The molecule has 0 aliphatic heterocycles. The van der Waals surface area contributed by atoms with E-state index in [9.17, 15) is 9.59 Å². The molecule has 30 heavy (non-hydrogen) atoms. The van der Waals surface area contributed by atoms with Gasteiger partial charge in [-0.3, -0.25) is 9.59 Å². The lowest BCUT2D eigenvalue weighted by atomic mass is 9.44. The minimum atomic E-state index is -0.150. The third-order valence-electron chi connectivity index (χ3n) is 10.7. The van der Waals surface area contributed by atoms with E-state index in [1.165, 1.54) is 26.2 Å². The molecule has 3 nitrogen and oxygen atoms in total. The highest BCUT2D eigenvalue weighted by molar-refractivity contribution is 5.85. The first-order chi connectivity index (χ1) is 14.2. The molecule has 0 aromatic rings. The van der Waals surface area contributed by atoms with Crippen LogP contribution in [0.3, 0.4) is 0 Å². The van der Waals surface area contributed by atoms with Crippen molar-refractivity contribution in [1.82, 2.24) is 0 Å². The number of Topliss-reactive ketones (excluding diaryl/α,β-unsaturated/α-hetero) is 1. The third kappa shape index (κ3) is 2.56. The van der Waals surface area contributed by atoms with Gasteiger partial charge in [-0.25, -0.2) is 0 Å². The lowest BCUT2D eigenvalue weighted by Gasteiger charge is -2.60. The van der Waals surface area contributed by atoms with Gasteiger partial charge in [0.05, 0.1) is 0 Å². The van der Waals surface area contributed by atoms with Crippen LogP contribution >= 0.6 is 0 Å². The van der Waals surface area contributed by atoms with Crippen LogP contribution in [0.5, 0.6) is 0 Å². The number of carbonyl (C=O) groups is 2. The van der Waals surface area contributed by atoms with Gasteiger partial charge in [-0.05, 0) is 92.8 Å². The molecule has 3 fully saturated rings. The van der Waals surface area contributed by atoms with E-state index < -0.39 is 0 Å². The van der Waals surface area contributed by atoms with Crippen molar-refractivity contribution >= 4 is 11.8 Å². The monoisotopic (exact) mass is 410 g/mol. The topological polar surface area (TPSA) is 43.4 Å². The van der Waals surface area contributed by atoms with E-state index in [4.69, 9.17) is 4.74 Å². The number of ketones is 1. The van der Waals surface area contributed by atoms with Crippen LogP contribution in [-0.4, -0.2) is 17.9 Å². The number of ether oxygens (including phenoxy) is 1. The molecule has 164 valence electrons. The van der Waals surface area contributed by atoms with Crippen molar-refractivity contribution in [1.29, 1.82) is 0 Å². The normalized spacial score (nSPS) is 49.2. The predicted octanol–water partition coefficient (Wildman–Crippen LogP) is 6.03. The SMILES string of the molecule is CC(=O)O[C@H]1CC[C@@]2(C)C(=CC[C@@H]3[C@H]2CC[C@@]2(C)[C@H]3C[C@@H]3CC=CC[C@@]32C(C)=O)C1. The minimum absolute atomic E-state index is 0.0636. The van der Waals surface area contributed by atoms with Crippen LogP contribution in [-0.2, 0) is 14.3 Å². The Bertz CT molecular complexity index is 824. The molecule has 0 aromatic heterocycles. The number of hydrogen-bond acceptors (Lipinski definition) is 3. The van der Waals surface area contributed by atoms with Crippen molar-refractivity contribution in [3.63, 3.8) is 0 Å². The fourth-order valence-corrected chi connectivity index (χ4v) is 9.31. The van der Waals surface area contributed by atoms with Crippen LogP contribution in [0.15, 0.2) is 23.8 Å². The Morgan fingerprint density at radius 3 is 2.57 bits per heavy atom. The van der Waals surface area contributed by atoms with Crippen molar-refractivity contribution in [2.24, 2.45) is 39.9 Å².